The quantitative estimate of drug-likeness (QED) is 0.530. The maximum Gasteiger partial charge on any atom is 0.279 e. The van der Waals surface area contributed by atoms with Gasteiger partial charge in [-0.3, -0.25) is 19.6 Å². The zero-order valence-corrected chi connectivity index (χ0v) is 13.0. The van der Waals surface area contributed by atoms with Crippen LogP contribution in [0.4, 0.5) is 15.9 Å². The molecule has 0 fully saturated rings. The summed E-state index contributed by atoms with van der Waals surface area (Å²) in [4.78, 5) is 22.4. The second-order valence-corrected chi connectivity index (χ2v) is 5.53. The monoisotopic (exact) mass is 330 g/mol. The molecular formula is C16H15FN4O3. The number of hydrogen-bond acceptors (Lipinski definition) is 4. The fourth-order valence-electron chi connectivity index (χ4n) is 2.82. The van der Waals surface area contributed by atoms with Crippen LogP contribution in [0.15, 0.2) is 24.3 Å². The number of fused-ring (bicyclic) bond motifs is 1. The van der Waals surface area contributed by atoms with E-state index in [1.807, 2.05) is 0 Å². The van der Waals surface area contributed by atoms with E-state index in [-0.39, 0.29) is 11.3 Å². The number of nitro groups is 1. The van der Waals surface area contributed by atoms with E-state index in [0.29, 0.717) is 5.82 Å². The zero-order valence-electron chi connectivity index (χ0n) is 13.0. The molecule has 24 heavy (non-hydrogen) atoms. The second kappa shape index (κ2) is 6.23. The fourth-order valence-corrected chi connectivity index (χ4v) is 2.82. The molecule has 1 heterocycles. The van der Waals surface area contributed by atoms with Crippen LogP contribution in [-0.2, 0) is 24.7 Å². The summed E-state index contributed by atoms with van der Waals surface area (Å²) in [7, 11) is 1.75. The Morgan fingerprint density at radius 1 is 1.46 bits per heavy atom. The second-order valence-electron chi connectivity index (χ2n) is 5.53. The molecule has 1 aromatic heterocycles. The molecule has 0 saturated carbocycles. The van der Waals surface area contributed by atoms with Crippen molar-refractivity contribution in [3.63, 3.8) is 0 Å². The van der Waals surface area contributed by atoms with Gasteiger partial charge in [-0.2, -0.15) is 5.10 Å². The highest BCUT2D eigenvalue weighted by atomic mass is 19.1. The molecule has 0 atom stereocenters. The molecule has 7 nitrogen and oxygen atoms in total. The molecule has 1 amide bonds. The van der Waals surface area contributed by atoms with Crippen molar-refractivity contribution in [2.24, 2.45) is 7.05 Å². The number of amides is 1. The van der Waals surface area contributed by atoms with Gasteiger partial charge in [-0.15, -0.1) is 0 Å². The van der Waals surface area contributed by atoms with E-state index < -0.39 is 16.6 Å². The van der Waals surface area contributed by atoms with E-state index in [9.17, 15) is 19.3 Å². The summed E-state index contributed by atoms with van der Waals surface area (Å²) in [6.07, 6.45) is 5.26. The number of nitrogens with zero attached hydrogens (tertiary/aromatic N) is 3. The van der Waals surface area contributed by atoms with Gasteiger partial charge >= 0.3 is 0 Å². The van der Waals surface area contributed by atoms with Crippen molar-refractivity contribution in [3.8, 4) is 0 Å². The number of benzene rings is 1. The molecule has 1 aromatic carbocycles. The van der Waals surface area contributed by atoms with Crippen molar-refractivity contribution in [3.05, 3.63) is 57.0 Å². The molecule has 2 aromatic rings. The van der Waals surface area contributed by atoms with Crippen molar-refractivity contribution >= 4 is 23.5 Å². The largest absolute Gasteiger partial charge is 0.307 e. The molecule has 1 aliphatic rings. The van der Waals surface area contributed by atoms with Crippen molar-refractivity contribution in [2.45, 2.75) is 19.3 Å². The summed E-state index contributed by atoms with van der Waals surface area (Å²) in [5.41, 5.74) is 1.80. The Morgan fingerprint density at radius 3 is 3.00 bits per heavy atom. The van der Waals surface area contributed by atoms with Crippen molar-refractivity contribution in [1.29, 1.82) is 0 Å². The minimum absolute atomic E-state index is 0.159. The first-order valence-corrected chi connectivity index (χ1v) is 7.43. The lowest BCUT2D eigenvalue weighted by Gasteiger charge is -2.05. The first-order valence-electron chi connectivity index (χ1n) is 7.43. The standard InChI is InChI=1S/C16H15FN4O3/c1-20-16(12-3-2-4-13(12)19-20)18-15(22)8-6-10-5-7-11(17)9-14(10)21(23)24/h5-9H,2-4H2,1H3,(H,18,22)/b8-6+. The highest BCUT2D eigenvalue weighted by Gasteiger charge is 2.21. The van der Waals surface area contributed by atoms with E-state index in [1.165, 1.54) is 18.2 Å². The summed E-state index contributed by atoms with van der Waals surface area (Å²) < 4.78 is 14.7. The molecule has 124 valence electrons. The number of aryl methyl sites for hydroxylation is 2. The van der Waals surface area contributed by atoms with E-state index in [1.54, 1.807) is 11.7 Å². The number of aromatic nitrogens is 2. The lowest BCUT2D eigenvalue weighted by Crippen LogP contribution is -2.12. The van der Waals surface area contributed by atoms with E-state index in [2.05, 4.69) is 10.4 Å². The first kappa shape index (κ1) is 15.9. The number of halogens is 1. The minimum Gasteiger partial charge on any atom is -0.307 e. The molecule has 0 bridgehead atoms. The normalized spacial score (nSPS) is 13.2. The van der Waals surface area contributed by atoms with Gasteiger partial charge in [0.2, 0.25) is 5.91 Å². The number of anilines is 1. The molecular weight excluding hydrogens is 315 g/mol. The average molecular weight is 330 g/mol. The van der Waals surface area contributed by atoms with Crippen LogP contribution in [0.2, 0.25) is 0 Å². The van der Waals surface area contributed by atoms with Gasteiger partial charge in [-0.25, -0.2) is 4.39 Å². The number of nitrogens with one attached hydrogen (secondary N) is 1. The van der Waals surface area contributed by atoms with Gasteiger partial charge in [0, 0.05) is 18.7 Å². The molecule has 1 aliphatic carbocycles. The number of nitro benzene ring substituents is 1. The van der Waals surface area contributed by atoms with Crippen LogP contribution in [0, 0.1) is 15.9 Å². The summed E-state index contributed by atoms with van der Waals surface area (Å²) in [5, 5.41) is 18.0. The van der Waals surface area contributed by atoms with Gasteiger partial charge in [0.05, 0.1) is 22.2 Å². The van der Waals surface area contributed by atoms with E-state index in [4.69, 9.17) is 0 Å². The Balaban J connectivity index is 1.79. The minimum atomic E-state index is -0.700. The van der Waals surface area contributed by atoms with Gasteiger partial charge in [-0.05, 0) is 37.5 Å². The van der Waals surface area contributed by atoms with Gasteiger partial charge in [0.25, 0.3) is 5.69 Å². The SMILES string of the molecule is Cn1nc2c(c1NC(=O)/C=C/c1ccc(F)cc1[N+](=O)[O-])CCC2. The van der Waals surface area contributed by atoms with Crippen LogP contribution < -0.4 is 5.32 Å². The van der Waals surface area contributed by atoms with Crippen LogP contribution >= 0.6 is 0 Å². The van der Waals surface area contributed by atoms with Crippen LogP contribution in [0.3, 0.4) is 0 Å². The summed E-state index contributed by atoms with van der Waals surface area (Å²) in [6, 6.07) is 3.20. The Bertz CT molecular complexity index is 857. The Hall–Kier alpha value is -3.03. The Labute approximate surface area is 136 Å². The number of rotatable bonds is 4. The Kier molecular flexibility index (Phi) is 4.11. The predicted octanol–water partition coefficient (Wildman–Crippen LogP) is 2.61. The maximum absolute atomic E-state index is 13.1. The van der Waals surface area contributed by atoms with Gasteiger partial charge in [0.15, 0.2) is 0 Å². The average Bonchev–Trinajstić information content (AvgIpc) is 3.09. The van der Waals surface area contributed by atoms with Crippen LogP contribution in [0.25, 0.3) is 6.08 Å². The molecule has 1 N–H and O–H groups in total. The van der Waals surface area contributed by atoms with E-state index in [0.717, 1.165) is 42.7 Å². The third kappa shape index (κ3) is 3.03. The predicted molar refractivity (Wildman–Crippen MR) is 86.0 cm³/mol. The third-order valence-corrected chi connectivity index (χ3v) is 3.91. The molecule has 8 heteroatoms. The van der Waals surface area contributed by atoms with Gasteiger partial charge < -0.3 is 5.32 Å². The lowest BCUT2D eigenvalue weighted by molar-refractivity contribution is -0.385. The Morgan fingerprint density at radius 2 is 2.25 bits per heavy atom. The molecule has 0 saturated heterocycles. The highest BCUT2D eigenvalue weighted by Crippen LogP contribution is 2.28. The topological polar surface area (TPSA) is 90.1 Å². The highest BCUT2D eigenvalue weighted by molar-refractivity contribution is 6.02. The van der Waals surface area contributed by atoms with Crippen LogP contribution in [-0.4, -0.2) is 20.6 Å². The number of carbonyl (C=O) groups excluding carboxylic acids is 1. The molecule has 3 rings (SSSR count). The lowest BCUT2D eigenvalue weighted by atomic mass is 10.1. The number of hydrogen-bond donors (Lipinski definition) is 1. The van der Waals surface area contributed by atoms with Gasteiger partial charge in [0.1, 0.15) is 11.6 Å². The first-order chi connectivity index (χ1) is 11.5. The smallest absolute Gasteiger partial charge is 0.279 e. The van der Waals surface area contributed by atoms with Crippen molar-refractivity contribution < 1.29 is 14.1 Å². The fraction of sp³-hybridized carbons (Fsp3) is 0.250. The van der Waals surface area contributed by atoms with Crippen molar-refractivity contribution in [1.82, 2.24) is 9.78 Å². The number of carbonyl (C=O) groups is 1. The summed E-state index contributed by atoms with van der Waals surface area (Å²) >= 11 is 0. The molecule has 0 unspecified atom stereocenters. The summed E-state index contributed by atoms with van der Waals surface area (Å²) in [6.45, 7) is 0. The third-order valence-electron chi connectivity index (χ3n) is 3.91. The molecule has 0 spiro atoms. The zero-order chi connectivity index (χ0) is 17.3. The van der Waals surface area contributed by atoms with Crippen LogP contribution in [0.5, 0.6) is 0 Å². The van der Waals surface area contributed by atoms with Crippen LogP contribution in [0.1, 0.15) is 23.2 Å². The summed E-state index contributed by atoms with van der Waals surface area (Å²) in [5.74, 6) is -0.481. The van der Waals surface area contributed by atoms with E-state index >= 15 is 0 Å². The van der Waals surface area contributed by atoms with Crippen molar-refractivity contribution in [2.75, 3.05) is 5.32 Å². The molecule has 0 aliphatic heterocycles. The van der Waals surface area contributed by atoms with Gasteiger partial charge in [-0.1, -0.05) is 0 Å². The molecule has 0 radical (unpaired) electrons. The maximum atomic E-state index is 13.1.